The summed E-state index contributed by atoms with van der Waals surface area (Å²) in [7, 11) is 0. The lowest BCUT2D eigenvalue weighted by atomic mass is 10.2. The number of aromatic nitrogens is 2. The molecule has 9 heteroatoms. The minimum absolute atomic E-state index is 0.00727. The third-order valence-electron chi connectivity index (χ3n) is 3.48. The van der Waals surface area contributed by atoms with Crippen LogP contribution in [0, 0.1) is 11.3 Å². The number of nitriles is 1. The first kappa shape index (κ1) is 18.3. The summed E-state index contributed by atoms with van der Waals surface area (Å²) >= 11 is 1.52. The lowest BCUT2D eigenvalue weighted by Crippen LogP contribution is -2.21. The molecule has 3 rings (SSSR count). The normalized spacial score (nSPS) is 10.2. The number of aryl methyl sites for hydroxylation is 1. The Kier molecular flexibility index (Phi) is 5.91. The van der Waals surface area contributed by atoms with E-state index in [1.54, 1.807) is 24.3 Å². The van der Waals surface area contributed by atoms with Gasteiger partial charge in [0.1, 0.15) is 6.07 Å². The molecule has 0 fully saturated rings. The van der Waals surface area contributed by atoms with Gasteiger partial charge in [0.05, 0.1) is 17.7 Å². The summed E-state index contributed by atoms with van der Waals surface area (Å²) in [4.78, 5) is 27.9. The van der Waals surface area contributed by atoms with Crippen molar-refractivity contribution in [1.82, 2.24) is 10.1 Å². The standard InChI is InChI=1S/C18H14N4O4S/c19-9-12-3-1-2-4-14(12)20-15(23)10-25-17(24)6-5-16-21-18(22-26-16)13-7-8-27-11-13/h1-4,7-8,11H,5-6,10H2,(H,20,23). The summed E-state index contributed by atoms with van der Waals surface area (Å²) in [5.74, 6) is -0.298. The topological polar surface area (TPSA) is 118 Å². The average Bonchev–Trinajstić information content (AvgIpc) is 3.36. The molecule has 1 amide bonds. The van der Waals surface area contributed by atoms with Gasteiger partial charge in [-0.25, -0.2) is 0 Å². The van der Waals surface area contributed by atoms with E-state index < -0.39 is 18.5 Å². The van der Waals surface area contributed by atoms with Crippen LogP contribution in [0.15, 0.2) is 45.6 Å². The van der Waals surface area contributed by atoms with Crippen LogP contribution in [0.3, 0.4) is 0 Å². The molecule has 0 bridgehead atoms. The van der Waals surface area contributed by atoms with Crippen LogP contribution >= 0.6 is 11.3 Å². The van der Waals surface area contributed by atoms with Crippen molar-refractivity contribution >= 4 is 28.9 Å². The Morgan fingerprint density at radius 2 is 2.15 bits per heavy atom. The van der Waals surface area contributed by atoms with E-state index >= 15 is 0 Å². The first-order chi connectivity index (χ1) is 13.2. The molecule has 8 nitrogen and oxygen atoms in total. The molecule has 2 heterocycles. The van der Waals surface area contributed by atoms with Crippen molar-refractivity contribution < 1.29 is 18.8 Å². The van der Waals surface area contributed by atoms with Crippen molar-refractivity contribution in [1.29, 1.82) is 5.26 Å². The minimum atomic E-state index is -0.561. The zero-order valence-corrected chi connectivity index (χ0v) is 14.9. The van der Waals surface area contributed by atoms with Crippen LogP contribution in [0.1, 0.15) is 17.9 Å². The second kappa shape index (κ2) is 8.73. The smallest absolute Gasteiger partial charge is 0.306 e. The van der Waals surface area contributed by atoms with Crippen LogP contribution < -0.4 is 5.32 Å². The molecule has 27 heavy (non-hydrogen) atoms. The van der Waals surface area contributed by atoms with Crippen molar-refractivity contribution in [3.05, 3.63) is 52.5 Å². The second-order valence-corrected chi connectivity index (χ2v) is 6.17. The van der Waals surface area contributed by atoms with Crippen LogP contribution in [-0.4, -0.2) is 28.6 Å². The number of nitrogens with one attached hydrogen (secondary N) is 1. The van der Waals surface area contributed by atoms with Gasteiger partial charge in [0.2, 0.25) is 11.7 Å². The molecule has 0 unspecified atom stereocenters. The Labute approximate surface area is 158 Å². The number of carbonyl (C=O) groups excluding carboxylic acids is 2. The van der Waals surface area contributed by atoms with Gasteiger partial charge in [0, 0.05) is 17.4 Å². The van der Waals surface area contributed by atoms with Crippen molar-refractivity contribution in [2.24, 2.45) is 0 Å². The van der Waals surface area contributed by atoms with E-state index in [0.29, 0.717) is 23.0 Å². The lowest BCUT2D eigenvalue weighted by molar-refractivity contribution is -0.147. The van der Waals surface area contributed by atoms with Crippen LogP contribution in [0.5, 0.6) is 0 Å². The molecule has 136 valence electrons. The summed E-state index contributed by atoms with van der Waals surface area (Å²) in [6.07, 6.45) is 0.224. The Balaban J connectivity index is 1.43. The SMILES string of the molecule is N#Cc1ccccc1NC(=O)COC(=O)CCc1nc(-c2ccsc2)no1. The van der Waals surface area contributed by atoms with E-state index in [-0.39, 0.29) is 12.8 Å². The number of benzene rings is 1. The summed E-state index contributed by atoms with van der Waals surface area (Å²) in [6, 6.07) is 10.4. The number of rotatable bonds is 7. The fourth-order valence-electron chi connectivity index (χ4n) is 2.17. The highest BCUT2D eigenvalue weighted by molar-refractivity contribution is 7.08. The maximum absolute atomic E-state index is 11.9. The van der Waals surface area contributed by atoms with E-state index in [0.717, 1.165) is 5.56 Å². The van der Waals surface area contributed by atoms with Gasteiger partial charge in [-0.3, -0.25) is 9.59 Å². The lowest BCUT2D eigenvalue weighted by Gasteiger charge is -2.07. The number of hydrogen-bond acceptors (Lipinski definition) is 8. The van der Waals surface area contributed by atoms with Crippen LogP contribution in [0.2, 0.25) is 0 Å². The van der Waals surface area contributed by atoms with E-state index in [1.807, 2.05) is 22.9 Å². The number of hydrogen-bond donors (Lipinski definition) is 1. The quantitative estimate of drug-likeness (QED) is 0.624. The van der Waals surface area contributed by atoms with Crippen molar-refractivity contribution in [3.63, 3.8) is 0 Å². The van der Waals surface area contributed by atoms with Crippen molar-refractivity contribution in [2.45, 2.75) is 12.8 Å². The molecule has 0 aliphatic carbocycles. The van der Waals surface area contributed by atoms with Crippen molar-refractivity contribution in [3.8, 4) is 17.5 Å². The van der Waals surface area contributed by atoms with E-state index in [1.165, 1.54) is 11.3 Å². The molecule has 0 spiro atoms. The highest BCUT2D eigenvalue weighted by Gasteiger charge is 2.13. The second-order valence-electron chi connectivity index (χ2n) is 5.39. The van der Waals surface area contributed by atoms with Crippen LogP contribution in [0.25, 0.3) is 11.4 Å². The highest BCUT2D eigenvalue weighted by atomic mass is 32.1. The number of para-hydroxylation sites is 1. The largest absolute Gasteiger partial charge is 0.456 e. The predicted octanol–water partition coefficient (Wildman–Crippen LogP) is 2.78. The predicted molar refractivity (Wildman–Crippen MR) is 96.7 cm³/mol. The monoisotopic (exact) mass is 382 g/mol. The summed E-state index contributed by atoms with van der Waals surface area (Å²) in [5.41, 5.74) is 1.55. The third-order valence-corrected chi connectivity index (χ3v) is 4.16. The number of ether oxygens (including phenoxy) is 1. The summed E-state index contributed by atoms with van der Waals surface area (Å²) in [5, 5.41) is 19.2. The maximum atomic E-state index is 11.9. The zero-order chi connectivity index (χ0) is 19.1. The van der Waals surface area contributed by atoms with Gasteiger partial charge >= 0.3 is 5.97 Å². The minimum Gasteiger partial charge on any atom is -0.456 e. The third kappa shape index (κ3) is 4.99. The Hall–Kier alpha value is -3.51. The molecule has 3 aromatic rings. The number of thiophene rings is 1. The number of nitrogens with zero attached hydrogens (tertiary/aromatic N) is 3. The molecule has 1 N–H and O–H groups in total. The molecule has 0 saturated heterocycles. The summed E-state index contributed by atoms with van der Waals surface area (Å²) < 4.78 is 10.0. The Morgan fingerprint density at radius 3 is 2.93 bits per heavy atom. The van der Waals surface area contributed by atoms with Crippen LogP contribution in [0.4, 0.5) is 5.69 Å². The fourth-order valence-corrected chi connectivity index (χ4v) is 2.80. The number of esters is 1. The number of amides is 1. The average molecular weight is 382 g/mol. The van der Waals surface area contributed by atoms with Crippen LogP contribution in [-0.2, 0) is 20.7 Å². The van der Waals surface area contributed by atoms with Crippen molar-refractivity contribution in [2.75, 3.05) is 11.9 Å². The molecule has 0 aliphatic rings. The number of carbonyl (C=O) groups is 2. The van der Waals surface area contributed by atoms with Gasteiger partial charge in [-0.2, -0.15) is 21.6 Å². The van der Waals surface area contributed by atoms with E-state index in [4.69, 9.17) is 14.5 Å². The molecule has 0 saturated carbocycles. The van der Waals surface area contributed by atoms with Gasteiger partial charge in [0.15, 0.2) is 6.61 Å². The van der Waals surface area contributed by atoms with Gasteiger partial charge in [-0.1, -0.05) is 17.3 Å². The van der Waals surface area contributed by atoms with E-state index in [2.05, 4.69) is 15.5 Å². The zero-order valence-electron chi connectivity index (χ0n) is 14.0. The Morgan fingerprint density at radius 1 is 1.30 bits per heavy atom. The summed E-state index contributed by atoms with van der Waals surface area (Å²) in [6.45, 7) is -0.442. The molecule has 0 atom stereocenters. The van der Waals surface area contributed by atoms with Gasteiger partial charge < -0.3 is 14.6 Å². The first-order valence-corrected chi connectivity index (χ1v) is 8.90. The first-order valence-electron chi connectivity index (χ1n) is 7.95. The molecular formula is C18H14N4O4S. The van der Waals surface area contributed by atoms with Gasteiger partial charge in [-0.05, 0) is 23.6 Å². The van der Waals surface area contributed by atoms with Gasteiger partial charge in [0.25, 0.3) is 5.91 Å². The molecule has 0 aliphatic heterocycles. The maximum Gasteiger partial charge on any atom is 0.306 e. The molecule has 1 aromatic carbocycles. The molecule has 2 aromatic heterocycles. The van der Waals surface area contributed by atoms with E-state index in [9.17, 15) is 9.59 Å². The Bertz CT molecular complexity index is 975. The molecule has 0 radical (unpaired) electrons. The fraction of sp³-hybridized carbons (Fsp3) is 0.167. The highest BCUT2D eigenvalue weighted by Crippen LogP contribution is 2.19. The number of anilines is 1. The van der Waals surface area contributed by atoms with Gasteiger partial charge in [-0.15, -0.1) is 0 Å². The molecular weight excluding hydrogens is 368 g/mol.